The van der Waals surface area contributed by atoms with Crippen molar-refractivity contribution >= 4 is 43.7 Å². The monoisotopic (exact) mass is 302 g/mol. The minimum absolute atomic E-state index is 0.378. The van der Waals surface area contributed by atoms with E-state index in [-0.39, 0.29) is 0 Å². The van der Waals surface area contributed by atoms with Crippen LogP contribution in [0.2, 0.25) is 0 Å². The highest BCUT2D eigenvalue weighted by Crippen LogP contribution is 2.28. The number of nitrogens with zero attached hydrogens (tertiary/aromatic N) is 1. The molecule has 0 fully saturated rings. The topological polar surface area (TPSA) is 24.9 Å². The van der Waals surface area contributed by atoms with Crippen molar-refractivity contribution in [2.45, 2.75) is 19.4 Å². The summed E-state index contributed by atoms with van der Waals surface area (Å²) in [5, 5.41) is 8.51. The molecule has 1 unspecified atom stereocenters. The van der Waals surface area contributed by atoms with Gasteiger partial charge in [0.25, 0.3) is 0 Å². The Kier molecular flexibility index (Phi) is 3.77. The zero-order valence-electron chi connectivity index (χ0n) is 8.24. The molecule has 2 heterocycles. The van der Waals surface area contributed by atoms with Crippen molar-refractivity contribution in [3.8, 4) is 0 Å². The van der Waals surface area contributed by atoms with E-state index in [9.17, 15) is 0 Å². The Labute approximate surface area is 106 Å². The third kappa shape index (κ3) is 2.80. The van der Waals surface area contributed by atoms with Gasteiger partial charge in [-0.15, -0.1) is 22.7 Å². The number of hydrogen-bond acceptors (Lipinski definition) is 4. The van der Waals surface area contributed by atoms with E-state index in [2.05, 4.69) is 50.7 Å². The molecule has 5 heteroatoms. The molecule has 0 saturated carbocycles. The summed E-state index contributed by atoms with van der Waals surface area (Å²) >= 11 is 6.76. The van der Waals surface area contributed by atoms with Crippen LogP contribution in [0, 0.1) is 0 Å². The smallest absolute Gasteiger partial charge is 0.184 e. The normalized spacial score (nSPS) is 12.7. The molecule has 2 aromatic rings. The molecule has 0 amide bonds. The molecule has 2 aromatic heterocycles. The van der Waals surface area contributed by atoms with Gasteiger partial charge in [0.2, 0.25) is 0 Å². The first-order chi connectivity index (χ1) is 7.29. The molecule has 0 aliphatic heterocycles. The fourth-order valence-corrected chi connectivity index (χ4v) is 3.39. The summed E-state index contributed by atoms with van der Waals surface area (Å²) in [5.74, 6) is 0. The molecular weight excluding hydrogens is 292 g/mol. The number of hydrogen-bond donors (Lipinski definition) is 1. The summed E-state index contributed by atoms with van der Waals surface area (Å²) in [4.78, 5) is 5.70. The summed E-state index contributed by atoms with van der Waals surface area (Å²) in [7, 11) is 0. The molecule has 0 bridgehead atoms. The maximum Gasteiger partial charge on any atom is 0.184 e. The maximum atomic E-state index is 4.34. The Bertz CT molecular complexity index is 411. The van der Waals surface area contributed by atoms with Gasteiger partial charge >= 0.3 is 0 Å². The van der Waals surface area contributed by atoms with Gasteiger partial charge < -0.3 is 5.32 Å². The minimum Gasteiger partial charge on any atom is -0.354 e. The van der Waals surface area contributed by atoms with Gasteiger partial charge in [-0.3, -0.25) is 0 Å². The van der Waals surface area contributed by atoms with E-state index in [1.165, 1.54) is 4.88 Å². The fourth-order valence-electron chi connectivity index (χ4n) is 1.33. The third-order valence-electron chi connectivity index (χ3n) is 2.07. The average molecular weight is 303 g/mol. The van der Waals surface area contributed by atoms with Crippen molar-refractivity contribution in [1.82, 2.24) is 4.98 Å². The molecule has 0 aromatic carbocycles. The van der Waals surface area contributed by atoms with E-state index in [0.29, 0.717) is 6.04 Å². The Hall–Kier alpha value is -0.390. The number of anilines is 1. The number of thiazole rings is 1. The molecule has 1 atom stereocenters. The molecule has 1 N–H and O–H groups in total. The first-order valence-electron chi connectivity index (χ1n) is 4.70. The molecule has 0 spiro atoms. The van der Waals surface area contributed by atoms with Gasteiger partial charge in [-0.1, -0.05) is 13.0 Å². The zero-order valence-corrected chi connectivity index (χ0v) is 11.5. The van der Waals surface area contributed by atoms with Gasteiger partial charge in [0.05, 0.1) is 6.04 Å². The van der Waals surface area contributed by atoms with Crippen molar-refractivity contribution in [1.29, 1.82) is 0 Å². The fraction of sp³-hybridized carbons (Fsp3) is 0.300. The molecule has 0 saturated heterocycles. The van der Waals surface area contributed by atoms with Crippen LogP contribution in [-0.2, 0) is 0 Å². The summed E-state index contributed by atoms with van der Waals surface area (Å²) < 4.78 is 0.899. The van der Waals surface area contributed by atoms with Crippen molar-refractivity contribution in [3.05, 3.63) is 32.4 Å². The summed E-state index contributed by atoms with van der Waals surface area (Å²) in [6.07, 6.45) is 1.07. The standard InChI is InChI=1S/C10H11BrN2S2/c1-2-7(8-4-3-5-14-8)12-10-13-9(11)6-15-10/h3-7H,2H2,1H3,(H,12,13). The predicted octanol–water partition coefficient (Wildman–Crippen LogP) is 4.53. The van der Waals surface area contributed by atoms with Crippen LogP contribution >= 0.6 is 38.6 Å². The lowest BCUT2D eigenvalue weighted by molar-refractivity contribution is 0.762. The largest absolute Gasteiger partial charge is 0.354 e. The van der Waals surface area contributed by atoms with Crippen molar-refractivity contribution in [2.75, 3.05) is 5.32 Å². The van der Waals surface area contributed by atoms with Gasteiger partial charge in [0.1, 0.15) is 4.60 Å². The van der Waals surface area contributed by atoms with Gasteiger partial charge in [-0.25, -0.2) is 4.98 Å². The van der Waals surface area contributed by atoms with E-state index < -0.39 is 0 Å². The highest BCUT2D eigenvalue weighted by molar-refractivity contribution is 9.10. The second-order valence-electron chi connectivity index (χ2n) is 3.10. The molecule has 2 rings (SSSR count). The number of aromatic nitrogens is 1. The summed E-state index contributed by atoms with van der Waals surface area (Å²) in [6, 6.07) is 4.62. The van der Waals surface area contributed by atoms with Crippen LogP contribution in [0.15, 0.2) is 27.5 Å². The average Bonchev–Trinajstić information content (AvgIpc) is 2.85. The van der Waals surface area contributed by atoms with Crippen LogP contribution in [0.1, 0.15) is 24.3 Å². The van der Waals surface area contributed by atoms with Crippen LogP contribution < -0.4 is 5.32 Å². The van der Waals surface area contributed by atoms with Gasteiger partial charge in [-0.2, -0.15) is 0 Å². The second kappa shape index (κ2) is 5.09. The number of thiophene rings is 1. The Morgan fingerprint density at radius 3 is 2.93 bits per heavy atom. The molecule has 0 radical (unpaired) electrons. The van der Waals surface area contributed by atoms with E-state index in [0.717, 1.165) is 16.2 Å². The van der Waals surface area contributed by atoms with Gasteiger partial charge in [-0.05, 0) is 33.8 Å². The summed E-state index contributed by atoms with van der Waals surface area (Å²) in [6.45, 7) is 2.18. The Balaban J connectivity index is 2.09. The van der Waals surface area contributed by atoms with Gasteiger partial charge in [0.15, 0.2) is 5.13 Å². The Morgan fingerprint density at radius 2 is 2.40 bits per heavy atom. The molecular formula is C10H11BrN2S2. The van der Waals surface area contributed by atoms with Gasteiger partial charge in [0, 0.05) is 10.3 Å². The van der Waals surface area contributed by atoms with E-state index in [1.807, 2.05) is 5.38 Å². The number of halogens is 1. The molecule has 2 nitrogen and oxygen atoms in total. The van der Waals surface area contributed by atoms with Crippen molar-refractivity contribution in [3.63, 3.8) is 0 Å². The maximum absolute atomic E-state index is 4.34. The molecule has 80 valence electrons. The number of rotatable bonds is 4. The highest BCUT2D eigenvalue weighted by atomic mass is 79.9. The first kappa shape index (κ1) is 11.1. The zero-order chi connectivity index (χ0) is 10.7. The molecule has 0 aliphatic rings. The predicted molar refractivity (Wildman–Crippen MR) is 70.8 cm³/mol. The quantitative estimate of drug-likeness (QED) is 0.897. The lowest BCUT2D eigenvalue weighted by Gasteiger charge is -2.13. The highest BCUT2D eigenvalue weighted by Gasteiger charge is 2.11. The van der Waals surface area contributed by atoms with E-state index in [1.54, 1.807) is 22.7 Å². The Morgan fingerprint density at radius 1 is 1.53 bits per heavy atom. The van der Waals surface area contributed by atoms with Crippen LogP contribution in [0.25, 0.3) is 0 Å². The lowest BCUT2D eigenvalue weighted by atomic mass is 10.2. The second-order valence-corrected chi connectivity index (χ2v) is 5.75. The third-order valence-corrected chi connectivity index (χ3v) is 4.54. The van der Waals surface area contributed by atoms with Crippen LogP contribution in [0.3, 0.4) is 0 Å². The first-order valence-corrected chi connectivity index (χ1v) is 7.25. The minimum atomic E-state index is 0.378. The SMILES string of the molecule is CCC(Nc1nc(Br)cs1)c1cccs1. The lowest BCUT2D eigenvalue weighted by Crippen LogP contribution is -2.07. The van der Waals surface area contributed by atoms with Crippen LogP contribution in [-0.4, -0.2) is 4.98 Å². The van der Waals surface area contributed by atoms with Crippen molar-refractivity contribution in [2.24, 2.45) is 0 Å². The van der Waals surface area contributed by atoms with Crippen molar-refractivity contribution < 1.29 is 0 Å². The van der Waals surface area contributed by atoms with E-state index >= 15 is 0 Å². The van der Waals surface area contributed by atoms with Crippen LogP contribution in [0.5, 0.6) is 0 Å². The summed E-state index contributed by atoms with van der Waals surface area (Å²) in [5.41, 5.74) is 0. The van der Waals surface area contributed by atoms with Crippen LogP contribution in [0.4, 0.5) is 5.13 Å². The molecule has 15 heavy (non-hydrogen) atoms. The number of nitrogens with one attached hydrogen (secondary N) is 1. The van der Waals surface area contributed by atoms with E-state index in [4.69, 9.17) is 0 Å². The molecule has 0 aliphatic carbocycles.